The lowest BCUT2D eigenvalue weighted by molar-refractivity contribution is -0.133. The molecule has 0 radical (unpaired) electrons. The Bertz CT molecular complexity index is 1120. The maximum absolute atomic E-state index is 13.5. The van der Waals surface area contributed by atoms with E-state index in [9.17, 15) is 14.7 Å². The number of amides is 1. The second kappa shape index (κ2) is 8.73. The van der Waals surface area contributed by atoms with Crippen molar-refractivity contribution in [2.75, 3.05) is 6.61 Å². The number of fused-ring (bicyclic) bond motifs is 1. The standard InChI is InChI=1S/C26H27NO5/c1-26(2,3)32-25(30)27-22(18-11-5-4-6-12-18)23(21(29)16-28)31-24(27)20-15-9-13-17-10-7-8-14-19(17)20/h4-15,22-24,28H,16H2,1-3H3/t22-,23?,24+/m0/s1. The molecule has 1 N–H and O–H groups in total. The van der Waals surface area contributed by atoms with Crippen LogP contribution in [0.1, 0.15) is 44.2 Å². The van der Waals surface area contributed by atoms with Gasteiger partial charge in [0.25, 0.3) is 0 Å². The Hall–Kier alpha value is -3.22. The predicted octanol–water partition coefficient (Wildman–Crippen LogP) is 4.78. The summed E-state index contributed by atoms with van der Waals surface area (Å²) >= 11 is 0. The van der Waals surface area contributed by atoms with Gasteiger partial charge in [-0.25, -0.2) is 4.79 Å². The fourth-order valence-electron chi connectivity index (χ4n) is 4.11. The molecule has 1 saturated heterocycles. The third kappa shape index (κ3) is 4.24. The molecule has 0 spiro atoms. The minimum Gasteiger partial charge on any atom is -0.444 e. The highest BCUT2D eigenvalue weighted by molar-refractivity contribution is 5.88. The van der Waals surface area contributed by atoms with Crippen molar-refractivity contribution in [3.63, 3.8) is 0 Å². The maximum atomic E-state index is 13.5. The Morgan fingerprint density at radius 2 is 1.62 bits per heavy atom. The Balaban J connectivity index is 1.89. The first-order chi connectivity index (χ1) is 15.3. The molecule has 0 aromatic heterocycles. The monoisotopic (exact) mass is 433 g/mol. The minimum atomic E-state index is -1.03. The van der Waals surface area contributed by atoms with Crippen molar-refractivity contribution in [3.8, 4) is 0 Å². The van der Waals surface area contributed by atoms with Crippen molar-refractivity contribution in [1.82, 2.24) is 4.90 Å². The molecule has 3 aromatic rings. The van der Waals surface area contributed by atoms with Gasteiger partial charge in [0.1, 0.15) is 18.3 Å². The summed E-state index contributed by atoms with van der Waals surface area (Å²) in [5.41, 5.74) is 0.747. The van der Waals surface area contributed by atoms with Crippen molar-refractivity contribution in [1.29, 1.82) is 0 Å². The zero-order valence-electron chi connectivity index (χ0n) is 18.4. The molecular weight excluding hydrogens is 406 g/mol. The van der Waals surface area contributed by atoms with Crippen molar-refractivity contribution < 1.29 is 24.2 Å². The topological polar surface area (TPSA) is 76.1 Å². The second-order valence-electron chi connectivity index (χ2n) is 8.84. The van der Waals surface area contributed by atoms with Crippen molar-refractivity contribution >= 4 is 22.6 Å². The quantitative estimate of drug-likeness (QED) is 0.641. The average Bonchev–Trinajstić information content (AvgIpc) is 3.18. The van der Waals surface area contributed by atoms with E-state index in [1.165, 1.54) is 4.90 Å². The summed E-state index contributed by atoms with van der Waals surface area (Å²) in [6.45, 7) is 4.70. The third-order valence-corrected chi connectivity index (χ3v) is 5.42. The molecule has 32 heavy (non-hydrogen) atoms. The molecule has 0 saturated carbocycles. The number of rotatable bonds is 4. The number of ether oxygens (including phenoxy) is 2. The minimum absolute atomic E-state index is 0.491. The van der Waals surface area contributed by atoms with Crippen molar-refractivity contribution in [2.24, 2.45) is 0 Å². The summed E-state index contributed by atoms with van der Waals surface area (Å²) < 4.78 is 12.0. The highest BCUT2D eigenvalue weighted by Gasteiger charge is 2.50. The van der Waals surface area contributed by atoms with Gasteiger partial charge in [-0.15, -0.1) is 0 Å². The molecule has 0 bridgehead atoms. The SMILES string of the molecule is CC(C)(C)OC(=O)N1[C@@H](c2cccc3ccccc23)OC(C(=O)CO)[C@@H]1c1ccccc1. The first-order valence-corrected chi connectivity index (χ1v) is 10.6. The lowest BCUT2D eigenvalue weighted by atomic mass is 9.97. The summed E-state index contributed by atoms with van der Waals surface area (Å²) in [7, 11) is 0. The smallest absolute Gasteiger partial charge is 0.413 e. The molecule has 3 atom stereocenters. The molecular formula is C26H27NO5. The molecule has 1 aliphatic rings. The highest BCUT2D eigenvalue weighted by atomic mass is 16.6. The normalized spacial score (nSPS) is 21.0. The van der Waals surface area contributed by atoms with Gasteiger partial charge in [-0.3, -0.25) is 9.69 Å². The number of aliphatic hydroxyl groups excluding tert-OH is 1. The molecule has 1 unspecified atom stereocenters. The molecule has 6 heteroatoms. The first-order valence-electron chi connectivity index (χ1n) is 10.6. The maximum Gasteiger partial charge on any atom is 0.413 e. The van der Waals surface area contributed by atoms with Crippen LogP contribution >= 0.6 is 0 Å². The number of Topliss-reactive ketones (excluding diaryl/α,β-unsaturated/α-hetero) is 1. The van der Waals surface area contributed by atoms with Gasteiger partial charge < -0.3 is 14.6 Å². The molecule has 1 fully saturated rings. The summed E-state index contributed by atoms with van der Waals surface area (Å²) in [4.78, 5) is 27.7. The van der Waals surface area contributed by atoms with E-state index in [1.807, 2.05) is 72.8 Å². The summed E-state index contributed by atoms with van der Waals surface area (Å²) in [6, 6.07) is 22.1. The van der Waals surface area contributed by atoms with E-state index in [0.29, 0.717) is 0 Å². The number of benzene rings is 3. The van der Waals surface area contributed by atoms with E-state index in [4.69, 9.17) is 9.47 Å². The number of hydrogen-bond acceptors (Lipinski definition) is 5. The van der Waals surface area contributed by atoms with Gasteiger partial charge in [-0.1, -0.05) is 72.8 Å². The average molecular weight is 434 g/mol. The van der Waals surface area contributed by atoms with Gasteiger partial charge in [0.05, 0.1) is 6.04 Å². The number of hydrogen-bond donors (Lipinski definition) is 1. The molecule has 1 heterocycles. The number of nitrogens with zero attached hydrogens (tertiary/aromatic N) is 1. The lowest BCUT2D eigenvalue weighted by Crippen LogP contribution is -2.40. The van der Waals surface area contributed by atoms with Gasteiger partial charge in [0, 0.05) is 5.56 Å². The number of aliphatic hydroxyl groups is 1. The highest BCUT2D eigenvalue weighted by Crippen LogP contribution is 2.45. The van der Waals surface area contributed by atoms with Gasteiger partial charge in [-0.05, 0) is 37.1 Å². The zero-order valence-corrected chi connectivity index (χ0v) is 18.4. The third-order valence-electron chi connectivity index (χ3n) is 5.42. The molecule has 166 valence electrons. The zero-order chi connectivity index (χ0) is 22.9. The Kier molecular flexibility index (Phi) is 6.00. The summed E-state index contributed by atoms with van der Waals surface area (Å²) in [5, 5.41) is 11.5. The van der Waals surface area contributed by atoms with Crippen LogP contribution in [0.15, 0.2) is 72.8 Å². The summed E-state index contributed by atoms with van der Waals surface area (Å²) in [5.74, 6) is -0.491. The molecule has 6 nitrogen and oxygen atoms in total. The Morgan fingerprint density at radius 1 is 0.969 bits per heavy atom. The number of carbonyl (C=O) groups excluding carboxylic acids is 2. The van der Waals surface area contributed by atoms with Gasteiger partial charge in [0.2, 0.25) is 0 Å². The van der Waals surface area contributed by atoms with Crippen molar-refractivity contribution in [2.45, 2.75) is 44.7 Å². The second-order valence-corrected chi connectivity index (χ2v) is 8.84. The van der Waals surface area contributed by atoms with Crippen LogP contribution in [0.5, 0.6) is 0 Å². The molecule has 0 aliphatic carbocycles. The Labute approximate surface area is 187 Å². The van der Waals surface area contributed by atoms with E-state index in [0.717, 1.165) is 21.9 Å². The van der Waals surface area contributed by atoms with Crippen LogP contribution in [0.2, 0.25) is 0 Å². The van der Waals surface area contributed by atoms with E-state index in [2.05, 4.69) is 0 Å². The fraction of sp³-hybridized carbons (Fsp3) is 0.308. The van der Waals surface area contributed by atoms with E-state index in [-0.39, 0.29) is 0 Å². The molecule has 4 rings (SSSR count). The largest absolute Gasteiger partial charge is 0.444 e. The van der Waals surface area contributed by atoms with Crippen LogP contribution in [0.3, 0.4) is 0 Å². The van der Waals surface area contributed by atoms with Crippen LogP contribution in [0.25, 0.3) is 10.8 Å². The van der Waals surface area contributed by atoms with Crippen LogP contribution in [0, 0.1) is 0 Å². The van der Waals surface area contributed by atoms with Crippen molar-refractivity contribution in [3.05, 3.63) is 83.9 Å². The van der Waals surface area contributed by atoms with Gasteiger partial charge >= 0.3 is 6.09 Å². The summed E-state index contributed by atoms with van der Waals surface area (Å²) in [6.07, 6.45) is -2.47. The van der Waals surface area contributed by atoms with E-state index < -0.39 is 42.5 Å². The Morgan fingerprint density at radius 3 is 2.31 bits per heavy atom. The van der Waals surface area contributed by atoms with Gasteiger partial charge in [0.15, 0.2) is 12.0 Å². The van der Waals surface area contributed by atoms with Crippen LogP contribution in [-0.4, -0.2) is 40.2 Å². The lowest BCUT2D eigenvalue weighted by Gasteiger charge is -2.32. The van der Waals surface area contributed by atoms with E-state index >= 15 is 0 Å². The van der Waals surface area contributed by atoms with Crippen LogP contribution < -0.4 is 0 Å². The van der Waals surface area contributed by atoms with E-state index in [1.54, 1.807) is 20.8 Å². The molecule has 1 aliphatic heterocycles. The van der Waals surface area contributed by atoms with Crippen LogP contribution in [-0.2, 0) is 14.3 Å². The number of ketones is 1. The van der Waals surface area contributed by atoms with Crippen LogP contribution in [0.4, 0.5) is 4.79 Å². The van der Waals surface area contributed by atoms with Gasteiger partial charge in [-0.2, -0.15) is 0 Å². The predicted molar refractivity (Wildman–Crippen MR) is 121 cm³/mol. The molecule has 1 amide bonds. The molecule has 3 aromatic carbocycles. The fourth-order valence-corrected chi connectivity index (χ4v) is 4.11. The first kappa shape index (κ1) is 22.0. The number of carbonyl (C=O) groups is 2.